The maximum atomic E-state index is 10.4. The summed E-state index contributed by atoms with van der Waals surface area (Å²) in [5.41, 5.74) is 2.39. The van der Waals surface area contributed by atoms with Gasteiger partial charge in [-0.2, -0.15) is 0 Å². The van der Waals surface area contributed by atoms with E-state index < -0.39 is 10.1 Å². The fourth-order valence-corrected chi connectivity index (χ4v) is 2.94. The first-order chi connectivity index (χ1) is 11.5. The summed E-state index contributed by atoms with van der Waals surface area (Å²) in [5, 5.41) is 0. The van der Waals surface area contributed by atoms with Crippen molar-refractivity contribution in [2.75, 3.05) is 27.7 Å². The fourth-order valence-electron chi connectivity index (χ4n) is 2.11. The summed E-state index contributed by atoms with van der Waals surface area (Å²) in [6.07, 6.45) is 2.47. The normalized spacial score (nSPS) is 11.6. The highest BCUT2D eigenvalue weighted by Gasteiger charge is 2.05. The number of aryl methyl sites for hydroxylation is 2. The Hall–Kier alpha value is -0.960. The molecule has 0 amide bonds. The Morgan fingerprint density at radius 3 is 1.92 bits per heavy atom. The van der Waals surface area contributed by atoms with Crippen molar-refractivity contribution in [2.45, 2.75) is 24.7 Å². The predicted octanol–water partition coefficient (Wildman–Crippen LogP) is 3.83. The van der Waals surface area contributed by atoms with Crippen LogP contribution in [0.2, 0.25) is 0 Å². The van der Waals surface area contributed by atoms with Crippen molar-refractivity contribution in [2.24, 2.45) is 0 Å². The first-order valence-corrected chi connectivity index (χ1v) is 10.5. The van der Waals surface area contributed by atoms with Gasteiger partial charge in [0.25, 0.3) is 0 Å². The molecule has 0 unspecified atom stereocenters. The predicted molar refractivity (Wildman–Crippen MR) is 110 cm³/mol. The minimum Gasteiger partial charge on any atom is -0.744 e. The van der Waals surface area contributed by atoms with Crippen molar-refractivity contribution in [1.82, 2.24) is 0 Å². The van der Waals surface area contributed by atoms with E-state index in [9.17, 15) is 13.0 Å². The van der Waals surface area contributed by atoms with Gasteiger partial charge in [-0.15, -0.1) is 0 Å². The third-order valence-electron chi connectivity index (χ3n) is 3.52. The third-order valence-corrected chi connectivity index (χ3v) is 5.09. The maximum absolute atomic E-state index is 10.4. The first kappa shape index (κ1) is 22.1. The number of nitrogens with zero attached hydrogens (tertiary/aromatic N) is 1. The van der Waals surface area contributed by atoms with Gasteiger partial charge in [0.05, 0.1) is 32.6 Å². The summed E-state index contributed by atoms with van der Waals surface area (Å²) < 4.78 is 33.5. The molecule has 0 aromatic heterocycles. The van der Waals surface area contributed by atoms with E-state index in [1.165, 1.54) is 40.7 Å². The number of benzene rings is 2. The van der Waals surface area contributed by atoms with E-state index in [1.54, 1.807) is 12.1 Å². The van der Waals surface area contributed by atoms with Crippen molar-refractivity contribution in [3.05, 3.63) is 63.2 Å². The number of quaternary nitrogens is 1. The molecule has 0 bridgehead atoms. The second-order valence-corrected chi connectivity index (χ2v) is 9.64. The molecule has 0 spiro atoms. The molecule has 0 radical (unpaired) electrons. The van der Waals surface area contributed by atoms with Gasteiger partial charge in [0.15, 0.2) is 0 Å². The van der Waals surface area contributed by atoms with E-state index in [1.807, 2.05) is 6.92 Å². The lowest BCUT2D eigenvalue weighted by atomic mass is 10.1. The van der Waals surface area contributed by atoms with Crippen LogP contribution in [-0.2, 0) is 16.5 Å². The lowest BCUT2D eigenvalue weighted by molar-refractivity contribution is -0.870. The van der Waals surface area contributed by atoms with Gasteiger partial charge in [0.1, 0.15) is 10.1 Å². The molecule has 0 heterocycles. The van der Waals surface area contributed by atoms with Gasteiger partial charge >= 0.3 is 0 Å². The van der Waals surface area contributed by atoms with Crippen molar-refractivity contribution < 1.29 is 17.5 Å². The third kappa shape index (κ3) is 9.94. The zero-order chi connectivity index (χ0) is 19.1. The van der Waals surface area contributed by atoms with Gasteiger partial charge in [0.2, 0.25) is 0 Å². The number of hydrogen-bond donors (Lipinski definition) is 0. The molecular weight excluding hydrogens is 449 g/mol. The topological polar surface area (TPSA) is 57.2 Å². The van der Waals surface area contributed by atoms with E-state index in [0.717, 1.165) is 10.0 Å². The molecule has 0 aliphatic carbocycles. The van der Waals surface area contributed by atoms with Crippen LogP contribution in [0.15, 0.2) is 53.4 Å². The maximum Gasteiger partial charge on any atom is 0.124 e. The average Bonchev–Trinajstić information content (AvgIpc) is 2.48. The van der Waals surface area contributed by atoms with Crippen LogP contribution in [0.1, 0.15) is 17.5 Å². The van der Waals surface area contributed by atoms with Gasteiger partial charge in [-0.25, -0.2) is 8.42 Å². The number of halogens is 1. The summed E-state index contributed by atoms with van der Waals surface area (Å²) in [6.45, 7) is 3.06. The van der Waals surface area contributed by atoms with Crippen LogP contribution in [0.25, 0.3) is 0 Å². The molecule has 2 rings (SSSR count). The standard InChI is InChI=1S/C12H19IN.C7H8O3S/c1-14(2,3)10-4-5-11-6-8-12(13)9-7-11;1-6-2-4-7(5-3-6)11(8,9)10/h6-9H,4-5,10H2,1-3H3;2-5H,1H3,(H,8,9,10)/q+1;/p-1. The molecule has 6 heteroatoms. The molecule has 0 N–H and O–H groups in total. The van der Waals surface area contributed by atoms with Crippen LogP contribution in [-0.4, -0.2) is 45.1 Å². The summed E-state index contributed by atoms with van der Waals surface area (Å²) in [6, 6.07) is 14.6. The van der Waals surface area contributed by atoms with Crippen LogP contribution in [0.4, 0.5) is 0 Å². The molecule has 0 fully saturated rings. The van der Waals surface area contributed by atoms with E-state index in [0.29, 0.717) is 0 Å². The van der Waals surface area contributed by atoms with Crippen molar-refractivity contribution in [1.29, 1.82) is 0 Å². The Kier molecular flexibility index (Phi) is 8.53. The molecule has 0 atom stereocenters. The number of hydrogen-bond acceptors (Lipinski definition) is 3. The largest absolute Gasteiger partial charge is 0.744 e. The molecule has 0 saturated heterocycles. The lowest BCUT2D eigenvalue weighted by Gasteiger charge is -2.23. The van der Waals surface area contributed by atoms with Crippen molar-refractivity contribution >= 4 is 32.7 Å². The molecule has 138 valence electrons. The lowest BCUT2D eigenvalue weighted by Crippen LogP contribution is -2.35. The minimum atomic E-state index is -4.27. The van der Waals surface area contributed by atoms with Crippen molar-refractivity contribution in [3.63, 3.8) is 0 Å². The summed E-state index contributed by atoms with van der Waals surface area (Å²) in [7, 11) is 2.46. The summed E-state index contributed by atoms with van der Waals surface area (Å²) in [5.74, 6) is 0. The fraction of sp³-hybridized carbons (Fsp3) is 0.368. The molecule has 0 aliphatic rings. The van der Waals surface area contributed by atoms with E-state index in [2.05, 4.69) is 68.0 Å². The Bertz CT molecular complexity index is 749. The zero-order valence-electron chi connectivity index (χ0n) is 15.2. The number of rotatable bonds is 5. The van der Waals surface area contributed by atoms with Crippen LogP contribution >= 0.6 is 22.6 Å². The first-order valence-electron chi connectivity index (χ1n) is 8.05. The van der Waals surface area contributed by atoms with Gasteiger partial charge < -0.3 is 9.04 Å². The average molecular weight is 475 g/mol. The quantitative estimate of drug-likeness (QED) is 0.375. The second-order valence-electron chi connectivity index (χ2n) is 7.01. The molecule has 2 aromatic carbocycles. The van der Waals surface area contributed by atoms with Crippen molar-refractivity contribution in [3.8, 4) is 0 Å². The second kappa shape index (κ2) is 9.66. The monoisotopic (exact) mass is 475 g/mol. The van der Waals surface area contributed by atoms with Gasteiger partial charge in [-0.1, -0.05) is 29.8 Å². The Morgan fingerprint density at radius 2 is 1.48 bits per heavy atom. The molecule has 2 aromatic rings. The minimum absolute atomic E-state index is 0.178. The van der Waals surface area contributed by atoms with Crippen LogP contribution < -0.4 is 0 Å². The molecular formula is C19H26INO3S. The Morgan fingerprint density at radius 1 is 0.960 bits per heavy atom. The molecule has 0 aliphatic heterocycles. The van der Waals surface area contributed by atoms with Gasteiger partial charge in [0, 0.05) is 9.99 Å². The summed E-state index contributed by atoms with van der Waals surface area (Å²) in [4.78, 5) is -0.178. The van der Waals surface area contributed by atoms with Gasteiger partial charge in [-0.3, -0.25) is 0 Å². The highest BCUT2D eigenvalue weighted by molar-refractivity contribution is 14.1. The van der Waals surface area contributed by atoms with Crippen LogP contribution in [0.3, 0.4) is 0 Å². The Labute approximate surface area is 165 Å². The van der Waals surface area contributed by atoms with E-state index in [4.69, 9.17) is 0 Å². The highest BCUT2D eigenvalue weighted by atomic mass is 127. The van der Waals surface area contributed by atoms with Gasteiger partial charge in [-0.05, 0) is 65.8 Å². The highest BCUT2D eigenvalue weighted by Crippen LogP contribution is 2.09. The van der Waals surface area contributed by atoms with E-state index >= 15 is 0 Å². The van der Waals surface area contributed by atoms with Crippen LogP contribution in [0.5, 0.6) is 0 Å². The SMILES string of the molecule is C[N+](C)(C)CCCc1ccc(I)cc1.Cc1ccc(S(=O)(=O)[O-])cc1. The van der Waals surface area contributed by atoms with Crippen LogP contribution in [0, 0.1) is 10.5 Å². The molecule has 4 nitrogen and oxygen atoms in total. The smallest absolute Gasteiger partial charge is 0.124 e. The zero-order valence-corrected chi connectivity index (χ0v) is 18.2. The molecule has 25 heavy (non-hydrogen) atoms. The summed E-state index contributed by atoms with van der Waals surface area (Å²) >= 11 is 2.34. The Balaban J connectivity index is 0.000000257. The van der Waals surface area contributed by atoms with E-state index in [-0.39, 0.29) is 4.90 Å². The molecule has 0 saturated carbocycles.